The normalized spacial score (nSPS) is 10.0. The van der Waals surface area contributed by atoms with E-state index in [1.54, 1.807) is 48.5 Å². The largest absolute Gasteiger partial charge is 0.386 e. The molecule has 4 rings (SSSR count). The van der Waals surface area contributed by atoms with E-state index in [0.717, 1.165) is 20.0 Å². The van der Waals surface area contributed by atoms with Crippen LogP contribution in [0.1, 0.15) is 20.7 Å². The highest BCUT2D eigenvalue weighted by molar-refractivity contribution is 7.55. The topological polar surface area (TPSA) is 49.9 Å². The van der Waals surface area contributed by atoms with Gasteiger partial charge in [0, 0.05) is 39.6 Å². The molecule has 36 heavy (non-hydrogen) atoms. The Kier molecular flexibility index (Phi) is 9.79. The van der Waals surface area contributed by atoms with E-state index in [1.807, 2.05) is 38.0 Å². The van der Waals surface area contributed by atoms with Gasteiger partial charge in [-0.15, -0.1) is 0 Å². The van der Waals surface area contributed by atoms with Crippen LogP contribution in [0.25, 0.3) is 0 Å². The Morgan fingerprint density at radius 1 is 0.528 bits per heavy atom. The monoisotopic (exact) mass is 498 g/mol. The van der Waals surface area contributed by atoms with E-state index in [4.69, 9.17) is 4.74 Å². The first-order valence-corrected chi connectivity index (χ1v) is 12.5. The molecule has 0 spiro atoms. The number of esters is 2. The number of rotatable bonds is 6. The highest BCUT2D eigenvalue weighted by Gasteiger charge is 2.15. The van der Waals surface area contributed by atoms with E-state index in [9.17, 15) is 9.59 Å². The Bertz CT molecular complexity index is 1140. The highest BCUT2D eigenvalue weighted by atomic mass is 31.1. The summed E-state index contributed by atoms with van der Waals surface area (Å²) in [5, 5.41) is 2.79. The van der Waals surface area contributed by atoms with Crippen LogP contribution in [0.5, 0.6) is 0 Å². The third kappa shape index (κ3) is 8.07. The fourth-order valence-electron chi connectivity index (χ4n) is 3.20. The Morgan fingerprint density at radius 3 is 1.17 bits per heavy atom. The zero-order chi connectivity index (χ0) is 25.9. The molecule has 0 heterocycles. The molecule has 0 radical (unpaired) electrons. The van der Waals surface area contributed by atoms with E-state index in [1.165, 1.54) is 10.6 Å². The molecule has 184 valence electrons. The van der Waals surface area contributed by atoms with Gasteiger partial charge in [0.2, 0.25) is 0 Å². The van der Waals surface area contributed by atoms with Crippen LogP contribution < -0.4 is 20.4 Å². The Balaban J connectivity index is 0.000000233. The summed E-state index contributed by atoms with van der Waals surface area (Å²) in [6, 6.07) is 34.9. The lowest BCUT2D eigenvalue weighted by Crippen LogP contribution is -2.14. The SMILES string of the molecule is CN(C)c1ccc(C(=O)OC(=O)c2ccc(N(C)C)cc2)cc1.c1ccc(Pc2ccccc2)cc1. The van der Waals surface area contributed by atoms with E-state index in [-0.39, 0.29) is 0 Å². The average molecular weight is 499 g/mol. The van der Waals surface area contributed by atoms with Crippen molar-refractivity contribution in [2.24, 2.45) is 0 Å². The van der Waals surface area contributed by atoms with Crippen molar-refractivity contribution in [1.82, 2.24) is 0 Å². The molecule has 4 aromatic carbocycles. The number of hydrogen-bond donors (Lipinski definition) is 0. The summed E-state index contributed by atoms with van der Waals surface area (Å²) in [7, 11) is 8.42. The van der Waals surface area contributed by atoms with Gasteiger partial charge in [-0.2, -0.15) is 0 Å². The fraction of sp³-hybridized carbons (Fsp3) is 0.133. The molecular weight excluding hydrogens is 467 g/mol. The number of hydrogen-bond acceptors (Lipinski definition) is 5. The van der Waals surface area contributed by atoms with Gasteiger partial charge in [-0.05, 0) is 59.1 Å². The summed E-state index contributed by atoms with van der Waals surface area (Å²) in [5.41, 5.74) is 2.61. The van der Waals surface area contributed by atoms with Gasteiger partial charge >= 0.3 is 11.9 Å². The van der Waals surface area contributed by atoms with Gasteiger partial charge in [0.1, 0.15) is 0 Å². The zero-order valence-corrected chi connectivity index (χ0v) is 22.0. The summed E-state index contributed by atoms with van der Waals surface area (Å²) in [4.78, 5) is 27.9. The second-order valence-electron chi connectivity index (χ2n) is 8.42. The lowest BCUT2D eigenvalue weighted by atomic mass is 10.2. The summed E-state index contributed by atoms with van der Waals surface area (Å²) in [5.74, 6) is -1.31. The molecule has 4 aromatic rings. The molecule has 0 aliphatic heterocycles. The molecule has 0 saturated carbocycles. The van der Waals surface area contributed by atoms with E-state index < -0.39 is 11.9 Å². The summed E-state index contributed by atoms with van der Waals surface area (Å²) < 4.78 is 4.92. The molecule has 5 nitrogen and oxygen atoms in total. The maximum Gasteiger partial charge on any atom is 0.346 e. The molecule has 0 saturated heterocycles. The van der Waals surface area contributed by atoms with Crippen molar-refractivity contribution in [2.75, 3.05) is 38.0 Å². The zero-order valence-electron chi connectivity index (χ0n) is 21.0. The van der Waals surface area contributed by atoms with Gasteiger partial charge in [-0.3, -0.25) is 0 Å². The molecule has 0 fully saturated rings. The smallest absolute Gasteiger partial charge is 0.346 e. The predicted molar refractivity (Wildman–Crippen MR) is 152 cm³/mol. The van der Waals surface area contributed by atoms with Crippen LogP contribution in [0.4, 0.5) is 11.4 Å². The van der Waals surface area contributed by atoms with Crippen molar-refractivity contribution in [3.05, 3.63) is 120 Å². The minimum atomic E-state index is -0.656. The quantitative estimate of drug-likeness (QED) is 0.210. The lowest BCUT2D eigenvalue weighted by Gasteiger charge is -2.13. The van der Waals surface area contributed by atoms with Crippen LogP contribution >= 0.6 is 8.58 Å². The highest BCUT2D eigenvalue weighted by Crippen LogP contribution is 2.16. The molecule has 0 atom stereocenters. The molecular formula is C30H31N2O3P. The first kappa shape index (κ1) is 26.7. The second kappa shape index (κ2) is 13.2. The second-order valence-corrected chi connectivity index (χ2v) is 9.82. The Labute approximate surface area is 215 Å². The molecule has 0 unspecified atom stereocenters. The van der Waals surface area contributed by atoms with E-state index in [2.05, 4.69) is 60.7 Å². The van der Waals surface area contributed by atoms with Crippen molar-refractivity contribution in [1.29, 1.82) is 0 Å². The Hall–Kier alpha value is -3.95. The minimum absolute atomic E-state index is 0.342. The molecule has 0 bridgehead atoms. The summed E-state index contributed by atoms with van der Waals surface area (Å²) in [6.45, 7) is 0. The third-order valence-electron chi connectivity index (χ3n) is 5.26. The van der Waals surface area contributed by atoms with E-state index in [0.29, 0.717) is 11.1 Å². The first-order valence-electron chi connectivity index (χ1n) is 11.5. The number of benzene rings is 4. The lowest BCUT2D eigenvalue weighted by molar-refractivity contribution is 0.0398. The van der Waals surface area contributed by atoms with Gasteiger partial charge in [-0.25, -0.2) is 9.59 Å². The number of carbonyl (C=O) groups is 2. The van der Waals surface area contributed by atoms with Crippen LogP contribution in [0.15, 0.2) is 109 Å². The van der Waals surface area contributed by atoms with Crippen LogP contribution in [0.2, 0.25) is 0 Å². The molecule has 0 N–H and O–H groups in total. The number of anilines is 2. The standard InChI is InChI=1S/C18H20N2O3.C12H11P/c1-19(2)15-9-5-13(6-10-15)17(21)23-18(22)14-7-11-16(12-8-14)20(3)4;1-3-7-11(8-4-1)13-12-9-5-2-6-10-12/h5-12H,1-4H3;1-10,13H. The average Bonchev–Trinajstić information content (AvgIpc) is 2.90. The van der Waals surface area contributed by atoms with Crippen molar-refractivity contribution < 1.29 is 14.3 Å². The van der Waals surface area contributed by atoms with E-state index >= 15 is 0 Å². The van der Waals surface area contributed by atoms with Crippen LogP contribution in [-0.4, -0.2) is 40.1 Å². The first-order chi connectivity index (χ1) is 17.3. The van der Waals surface area contributed by atoms with Crippen molar-refractivity contribution in [2.45, 2.75) is 0 Å². The van der Waals surface area contributed by atoms with Gasteiger partial charge in [-0.1, -0.05) is 69.2 Å². The van der Waals surface area contributed by atoms with Crippen LogP contribution in [0, 0.1) is 0 Å². The van der Waals surface area contributed by atoms with Crippen LogP contribution in [-0.2, 0) is 4.74 Å². The molecule has 0 aliphatic carbocycles. The molecule has 0 aromatic heterocycles. The summed E-state index contributed by atoms with van der Waals surface area (Å²) in [6.07, 6.45) is 0. The van der Waals surface area contributed by atoms with Gasteiger partial charge in [0.15, 0.2) is 0 Å². The van der Waals surface area contributed by atoms with Crippen molar-refractivity contribution >= 4 is 42.5 Å². The number of nitrogens with zero attached hydrogens (tertiary/aromatic N) is 2. The molecule has 0 amide bonds. The minimum Gasteiger partial charge on any atom is -0.386 e. The maximum atomic E-state index is 12.0. The molecule has 6 heteroatoms. The molecule has 0 aliphatic rings. The van der Waals surface area contributed by atoms with Gasteiger partial charge in [0.25, 0.3) is 0 Å². The Morgan fingerprint density at radius 2 is 0.861 bits per heavy atom. The van der Waals surface area contributed by atoms with Crippen molar-refractivity contribution in [3.8, 4) is 0 Å². The summed E-state index contributed by atoms with van der Waals surface area (Å²) >= 11 is 0. The van der Waals surface area contributed by atoms with Gasteiger partial charge < -0.3 is 14.5 Å². The maximum absolute atomic E-state index is 12.0. The van der Waals surface area contributed by atoms with Crippen molar-refractivity contribution in [3.63, 3.8) is 0 Å². The van der Waals surface area contributed by atoms with Gasteiger partial charge in [0.05, 0.1) is 11.1 Å². The van der Waals surface area contributed by atoms with Crippen LogP contribution in [0.3, 0.4) is 0 Å². The fourth-order valence-corrected chi connectivity index (χ4v) is 4.25. The number of ether oxygens (including phenoxy) is 1. The number of carbonyl (C=O) groups excluding carboxylic acids is 2. The predicted octanol–water partition coefficient (Wildman–Crippen LogP) is 5.13. The third-order valence-corrected chi connectivity index (χ3v) is 6.50.